The molecule has 1 aromatic heterocycles. The summed E-state index contributed by atoms with van der Waals surface area (Å²) in [6.07, 6.45) is 1.87. The smallest absolute Gasteiger partial charge is 0.240 e. The third-order valence-electron chi connectivity index (χ3n) is 2.91. The minimum Gasteiger partial charge on any atom is -0.368 e. The van der Waals surface area contributed by atoms with E-state index in [1.807, 2.05) is 43.5 Å². The molecule has 0 fully saturated rings. The maximum atomic E-state index is 12.1. The van der Waals surface area contributed by atoms with E-state index in [9.17, 15) is 4.79 Å². The molecule has 3 N–H and O–H groups in total. The Kier molecular flexibility index (Phi) is 4.62. The van der Waals surface area contributed by atoms with Crippen molar-refractivity contribution in [3.05, 3.63) is 35.9 Å². The molecule has 0 radical (unpaired) electrons. The standard InChI is InChI=1S/C13H17N5OS/c1-9(10-6-4-3-5-7-10)15-11(19)8-18-12(14)16-17-13(18)20-2/h3-7,9H,8H2,1-2H3,(H2,14,16)(H,15,19)/t9-/m0/s1. The van der Waals surface area contributed by atoms with Gasteiger partial charge in [-0.25, -0.2) is 0 Å². The second-order valence-electron chi connectivity index (χ2n) is 4.33. The van der Waals surface area contributed by atoms with Crippen LogP contribution in [0.1, 0.15) is 18.5 Å². The van der Waals surface area contributed by atoms with Gasteiger partial charge in [-0.1, -0.05) is 42.1 Å². The first-order valence-corrected chi connectivity index (χ1v) is 7.41. The number of nitrogens with two attached hydrogens (primary N) is 1. The van der Waals surface area contributed by atoms with Crippen LogP contribution in [0.4, 0.5) is 5.95 Å². The minimum atomic E-state index is -0.122. The molecular weight excluding hydrogens is 274 g/mol. The number of anilines is 1. The average Bonchev–Trinajstić information content (AvgIpc) is 2.80. The van der Waals surface area contributed by atoms with E-state index in [0.29, 0.717) is 5.16 Å². The van der Waals surface area contributed by atoms with Gasteiger partial charge < -0.3 is 11.1 Å². The van der Waals surface area contributed by atoms with Crippen LogP contribution in [0.15, 0.2) is 35.5 Å². The predicted molar refractivity (Wildman–Crippen MR) is 79.2 cm³/mol. The molecule has 0 unspecified atom stereocenters. The summed E-state index contributed by atoms with van der Waals surface area (Å²) in [5.74, 6) is 0.125. The van der Waals surface area contributed by atoms with Gasteiger partial charge in [0.25, 0.3) is 0 Å². The number of amides is 1. The van der Waals surface area contributed by atoms with E-state index in [1.165, 1.54) is 11.8 Å². The highest BCUT2D eigenvalue weighted by Gasteiger charge is 2.14. The Labute approximate surface area is 121 Å². The van der Waals surface area contributed by atoms with Gasteiger partial charge in [0.05, 0.1) is 6.04 Å². The molecule has 2 aromatic rings. The average molecular weight is 291 g/mol. The lowest BCUT2D eigenvalue weighted by Gasteiger charge is -2.15. The largest absolute Gasteiger partial charge is 0.368 e. The van der Waals surface area contributed by atoms with Crippen molar-refractivity contribution in [2.24, 2.45) is 0 Å². The fourth-order valence-corrected chi connectivity index (χ4v) is 2.36. The number of thioether (sulfide) groups is 1. The van der Waals surface area contributed by atoms with Gasteiger partial charge >= 0.3 is 0 Å². The van der Waals surface area contributed by atoms with Gasteiger partial charge in [0, 0.05) is 0 Å². The van der Waals surface area contributed by atoms with Crippen LogP contribution in [0.5, 0.6) is 0 Å². The van der Waals surface area contributed by atoms with Crippen molar-refractivity contribution in [2.45, 2.75) is 24.7 Å². The van der Waals surface area contributed by atoms with Crippen molar-refractivity contribution in [1.82, 2.24) is 20.1 Å². The summed E-state index contributed by atoms with van der Waals surface area (Å²) in [7, 11) is 0. The number of nitrogen functional groups attached to an aromatic ring is 1. The summed E-state index contributed by atoms with van der Waals surface area (Å²) in [5, 5.41) is 11.2. The summed E-state index contributed by atoms with van der Waals surface area (Å²) in [5.41, 5.74) is 6.76. The Balaban J connectivity index is 2.01. The number of nitrogens with zero attached hydrogens (tertiary/aromatic N) is 3. The maximum Gasteiger partial charge on any atom is 0.240 e. The Bertz CT molecular complexity index is 584. The fraction of sp³-hybridized carbons (Fsp3) is 0.308. The number of aromatic nitrogens is 3. The van der Waals surface area contributed by atoms with Crippen LogP contribution >= 0.6 is 11.8 Å². The number of benzene rings is 1. The van der Waals surface area contributed by atoms with Crippen molar-refractivity contribution >= 4 is 23.6 Å². The van der Waals surface area contributed by atoms with Crippen LogP contribution < -0.4 is 11.1 Å². The summed E-state index contributed by atoms with van der Waals surface area (Å²) < 4.78 is 1.59. The monoisotopic (exact) mass is 291 g/mol. The van der Waals surface area contributed by atoms with Crippen molar-refractivity contribution in [3.8, 4) is 0 Å². The zero-order valence-electron chi connectivity index (χ0n) is 11.4. The van der Waals surface area contributed by atoms with E-state index in [1.54, 1.807) is 4.57 Å². The topological polar surface area (TPSA) is 85.8 Å². The van der Waals surface area contributed by atoms with Crippen LogP contribution in [0.3, 0.4) is 0 Å². The quantitative estimate of drug-likeness (QED) is 0.815. The molecule has 1 amide bonds. The molecule has 0 aliphatic rings. The molecule has 106 valence electrons. The zero-order chi connectivity index (χ0) is 14.5. The normalized spacial score (nSPS) is 12.1. The van der Waals surface area contributed by atoms with Gasteiger partial charge in [0.15, 0.2) is 5.16 Å². The first-order valence-electron chi connectivity index (χ1n) is 6.18. The van der Waals surface area contributed by atoms with E-state index in [0.717, 1.165) is 5.56 Å². The fourth-order valence-electron chi connectivity index (χ4n) is 1.86. The summed E-state index contributed by atoms with van der Waals surface area (Å²) >= 11 is 1.40. The highest BCUT2D eigenvalue weighted by atomic mass is 32.2. The minimum absolute atomic E-state index is 0.0564. The Morgan fingerprint density at radius 2 is 2.10 bits per heavy atom. The van der Waals surface area contributed by atoms with Crippen molar-refractivity contribution in [3.63, 3.8) is 0 Å². The van der Waals surface area contributed by atoms with Gasteiger partial charge in [-0.05, 0) is 18.7 Å². The Morgan fingerprint density at radius 1 is 1.40 bits per heavy atom. The Hall–Kier alpha value is -2.02. The van der Waals surface area contributed by atoms with E-state index < -0.39 is 0 Å². The molecule has 1 aromatic carbocycles. The van der Waals surface area contributed by atoms with E-state index in [2.05, 4.69) is 15.5 Å². The lowest BCUT2D eigenvalue weighted by atomic mass is 10.1. The molecule has 6 nitrogen and oxygen atoms in total. The van der Waals surface area contributed by atoms with Gasteiger partial charge in [-0.2, -0.15) is 0 Å². The van der Waals surface area contributed by atoms with Gasteiger partial charge in [0.1, 0.15) is 6.54 Å². The van der Waals surface area contributed by atoms with Crippen LogP contribution in [0, 0.1) is 0 Å². The van der Waals surface area contributed by atoms with Crippen LogP contribution in [0.2, 0.25) is 0 Å². The van der Waals surface area contributed by atoms with E-state index in [-0.39, 0.29) is 24.4 Å². The van der Waals surface area contributed by atoms with Crippen LogP contribution in [0.25, 0.3) is 0 Å². The first kappa shape index (κ1) is 14.4. The molecule has 0 saturated carbocycles. The zero-order valence-corrected chi connectivity index (χ0v) is 12.2. The van der Waals surface area contributed by atoms with Crippen molar-refractivity contribution < 1.29 is 4.79 Å². The number of nitrogens with one attached hydrogen (secondary N) is 1. The molecule has 0 bridgehead atoms. The Morgan fingerprint density at radius 3 is 2.75 bits per heavy atom. The van der Waals surface area contributed by atoms with Crippen molar-refractivity contribution in [2.75, 3.05) is 12.0 Å². The number of hydrogen-bond acceptors (Lipinski definition) is 5. The number of hydrogen-bond donors (Lipinski definition) is 2. The molecule has 20 heavy (non-hydrogen) atoms. The molecular formula is C13H17N5OS. The predicted octanol–water partition coefficient (Wildman–Crippen LogP) is 1.46. The van der Waals surface area contributed by atoms with E-state index in [4.69, 9.17) is 5.73 Å². The molecule has 2 rings (SSSR count). The van der Waals surface area contributed by atoms with Gasteiger partial charge in [-0.15, -0.1) is 10.2 Å². The molecule has 1 heterocycles. The highest BCUT2D eigenvalue weighted by Crippen LogP contribution is 2.15. The SMILES string of the molecule is CSc1nnc(N)n1CC(=O)N[C@@H](C)c1ccccc1. The van der Waals surface area contributed by atoms with Crippen molar-refractivity contribution in [1.29, 1.82) is 0 Å². The third kappa shape index (κ3) is 3.30. The highest BCUT2D eigenvalue weighted by molar-refractivity contribution is 7.98. The lowest BCUT2D eigenvalue weighted by molar-refractivity contribution is -0.122. The van der Waals surface area contributed by atoms with Gasteiger partial charge in [-0.3, -0.25) is 9.36 Å². The molecule has 0 aliphatic heterocycles. The van der Waals surface area contributed by atoms with E-state index >= 15 is 0 Å². The van der Waals surface area contributed by atoms with Crippen LogP contribution in [-0.4, -0.2) is 26.9 Å². The third-order valence-corrected chi connectivity index (χ3v) is 3.57. The summed E-state index contributed by atoms with van der Waals surface area (Å²) in [6, 6.07) is 9.74. The molecule has 7 heteroatoms. The second-order valence-corrected chi connectivity index (χ2v) is 5.10. The maximum absolute atomic E-state index is 12.1. The van der Waals surface area contributed by atoms with Crippen LogP contribution in [-0.2, 0) is 11.3 Å². The molecule has 1 atom stereocenters. The molecule has 0 spiro atoms. The molecule has 0 saturated heterocycles. The number of rotatable bonds is 5. The first-order chi connectivity index (χ1) is 9.61. The second kappa shape index (κ2) is 6.42. The molecule has 0 aliphatic carbocycles. The number of carbonyl (C=O) groups excluding carboxylic acids is 1. The summed E-state index contributed by atoms with van der Waals surface area (Å²) in [6.45, 7) is 2.06. The summed E-state index contributed by atoms with van der Waals surface area (Å²) in [4.78, 5) is 12.1. The van der Waals surface area contributed by atoms with Gasteiger partial charge in [0.2, 0.25) is 11.9 Å². The number of carbonyl (C=O) groups is 1. The lowest BCUT2D eigenvalue weighted by Crippen LogP contribution is -2.30.